The summed E-state index contributed by atoms with van der Waals surface area (Å²) in [7, 11) is 0. The molecule has 2 aromatic heterocycles. The van der Waals surface area contributed by atoms with Gasteiger partial charge in [0.05, 0.1) is 29.8 Å². The Kier molecular flexibility index (Phi) is 4.33. The molecule has 0 N–H and O–H groups in total. The van der Waals surface area contributed by atoms with Crippen molar-refractivity contribution < 1.29 is 4.74 Å². The molecule has 8 nitrogen and oxygen atoms in total. The second-order valence-corrected chi connectivity index (χ2v) is 10.6. The van der Waals surface area contributed by atoms with Gasteiger partial charge in [0, 0.05) is 49.8 Å². The van der Waals surface area contributed by atoms with Gasteiger partial charge < -0.3 is 9.64 Å². The Balaban J connectivity index is 1.17. The quantitative estimate of drug-likeness (QED) is 0.598. The maximum atomic E-state index is 9.98. The van der Waals surface area contributed by atoms with E-state index in [9.17, 15) is 5.26 Å². The fraction of sp³-hybridized carbons (Fsp3) is 0.538. The Morgan fingerprint density at radius 1 is 1.15 bits per heavy atom. The van der Waals surface area contributed by atoms with Crippen LogP contribution in [0.2, 0.25) is 0 Å². The van der Waals surface area contributed by atoms with Crippen LogP contribution < -0.4 is 4.90 Å². The summed E-state index contributed by atoms with van der Waals surface area (Å²) >= 11 is 0. The number of hydrogen-bond donors (Lipinski definition) is 0. The fourth-order valence-corrected chi connectivity index (χ4v) is 6.45. The molecule has 2 aliphatic carbocycles. The largest absolute Gasteiger partial charge is 0.380 e. The van der Waals surface area contributed by atoms with Crippen molar-refractivity contribution in [3.63, 3.8) is 0 Å². The lowest BCUT2D eigenvalue weighted by Crippen LogP contribution is -2.55. The maximum absolute atomic E-state index is 9.98. The van der Waals surface area contributed by atoms with Crippen LogP contribution in [0.4, 0.5) is 5.82 Å². The van der Waals surface area contributed by atoms with E-state index in [2.05, 4.69) is 56.1 Å². The highest BCUT2D eigenvalue weighted by molar-refractivity contribution is 5.82. The van der Waals surface area contributed by atoms with Crippen LogP contribution in [0.3, 0.4) is 0 Å². The van der Waals surface area contributed by atoms with Gasteiger partial charge in [-0.25, -0.2) is 14.6 Å². The van der Waals surface area contributed by atoms with Crippen LogP contribution in [0.5, 0.6) is 0 Å². The molecule has 0 bridgehead atoms. The molecule has 8 heteroatoms. The van der Waals surface area contributed by atoms with Crippen molar-refractivity contribution in [2.75, 3.05) is 37.7 Å². The molecule has 1 spiro atoms. The number of nitrogens with zero attached hydrogens (tertiary/aromatic N) is 7. The summed E-state index contributed by atoms with van der Waals surface area (Å²) in [5, 5.41) is 15.7. The van der Waals surface area contributed by atoms with Gasteiger partial charge in [0.25, 0.3) is 0 Å². The summed E-state index contributed by atoms with van der Waals surface area (Å²) in [6.45, 7) is 6.91. The first-order valence-electron chi connectivity index (χ1n) is 12.4. The highest BCUT2D eigenvalue weighted by atomic mass is 16.5. The zero-order valence-electron chi connectivity index (χ0n) is 19.5. The standard InChI is InChI=1S/C26H29N7O/c1-18-13-31(7-8-32(18)21-4-9-34-14-21)23-11-24(29-17-28-23)33-22-10-20(3-2-19(22)12-30-33)26(16-27)15-25(26)5-6-25/h2-3,10-12,17-18,21H,4-9,13-15H2,1H3/t18-,21?,26+/m0/s1. The van der Waals surface area contributed by atoms with Gasteiger partial charge in [0.2, 0.25) is 0 Å². The SMILES string of the molecule is C[C@H]1CN(c2cc(-n3ncc4ccc([C@]5(C#N)CC56CC6)cc43)ncn2)CCN1C1CCOC1. The molecule has 4 aliphatic rings. The van der Waals surface area contributed by atoms with Crippen LogP contribution in [-0.4, -0.2) is 69.6 Å². The molecule has 0 amide bonds. The number of ether oxygens (including phenoxy) is 1. The minimum absolute atomic E-state index is 0.242. The maximum Gasteiger partial charge on any atom is 0.159 e. The van der Waals surface area contributed by atoms with E-state index in [1.165, 1.54) is 12.8 Å². The van der Waals surface area contributed by atoms with Gasteiger partial charge in [-0.05, 0) is 49.7 Å². The Morgan fingerprint density at radius 3 is 2.76 bits per heavy atom. The number of nitriles is 1. The molecule has 34 heavy (non-hydrogen) atoms. The highest BCUT2D eigenvalue weighted by Crippen LogP contribution is 2.78. The first-order valence-corrected chi connectivity index (χ1v) is 12.4. The third-order valence-corrected chi connectivity index (χ3v) is 8.72. The van der Waals surface area contributed by atoms with Gasteiger partial charge >= 0.3 is 0 Å². The number of aromatic nitrogens is 4. The number of hydrogen-bond acceptors (Lipinski definition) is 7. The molecule has 2 aliphatic heterocycles. The van der Waals surface area contributed by atoms with Crippen molar-refractivity contribution in [3.05, 3.63) is 42.4 Å². The molecular formula is C26H29N7O. The molecule has 7 rings (SSSR count). The normalized spacial score (nSPS) is 30.1. The Bertz CT molecular complexity index is 1300. The number of benzene rings is 1. The Morgan fingerprint density at radius 2 is 2.03 bits per heavy atom. The van der Waals surface area contributed by atoms with Crippen molar-refractivity contribution >= 4 is 16.7 Å². The summed E-state index contributed by atoms with van der Waals surface area (Å²) in [6.07, 6.45) is 7.99. The van der Waals surface area contributed by atoms with Crippen LogP contribution in [-0.2, 0) is 10.2 Å². The highest BCUT2D eigenvalue weighted by Gasteiger charge is 2.75. The van der Waals surface area contributed by atoms with Crippen molar-refractivity contribution in [2.24, 2.45) is 5.41 Å². The molecule has 0 radical (unpaired) electrons. The minimum atomic E-state index is -0.312. The summed E-state index contributed by atoms with van der Waals surface area (Å²) in [5.41, 5.74) is 2.05. The molecule has 3 aromatic rings. The van der Waals surface area contributed by atoms with E-state index in [-0.39, 0.29) is 10.8 Å². The van der Waals surface area contributed by atoms with E-state index in [0.29, 0.717) is 12.1 Å². The smallest absolute Gasteiger partial charge is 0.159 e. The second kappa shape index (κ2) is 7.24. The summed E-state index contributed by atoms with van der Waals surface area (Å²) < 4.78 is 7.51. The summed E-state index contributed by atoms with van der Waals surface area (Å²) in [4.78, 5) is 14.1. The number of rotatable bonds is 4. The summed E-state index contributed by atoms with van der Waals surface area (Å²) in [5.74, 6) is 1.70. The van der Waals surface area contributed by atoms with Gasteiger partial charge in [-0.15, -0.1) is 0 Å². The minimum Gasteiger partial charge on any atom is -0.380 e. The van der Waals surface area contributed by atoms with E-state index in [1.807, 2.05) is 16.9 Å². The van der Waals surface area contributed by atoms with Crippen molar-refractivity contribution in [2.45, 2.75) is 50.1 Å². The van der Waals surface area contributed by atoms with E-state index in [1.54, 1.807) is 6.33 Å². The Hall–Kier alpha value is -3.02. The topological polar surface area (TPSA) is 83.1 Å². The van der Waals surface area contributed by atoms with Crippen LogP contribution in [0.1, 0.15) is 38.2 Å². The lowest BCUT2D eigenvalue weighted by molar-refractivity contribution is 0.105. The molecule has 3 atom stereocenters. The lowest BCUT2D eigenvalue weighted by Gasteiger charge is -2.43. The van der Waals surface area contributed by atoms with E-state index < -0.39 is 0 Å². The van der Waals surface area contributed by atoms with E-state index in [0.717, 1.165) is 73.8 Å². The fourth-order valence-electron chi connectivity index (χ4n) is 6.45. The Labute approximate surface area is 199 Å². The first-order chi connectivity index (χ1) is 16.6. The third kappa shape index (κ3) is 2.93. The van der Waals surface area contributed by atoms with Crippen LogP contribution in [0, 0.1) is 16.7 Å². The van der Waals surface area contributed by atoms with Gasteiger partial charge in [-0.3, -0.25) is 4.90 Å². The number of piperazine rings is 1. The van der Waals surface area contributed by atoms with Crippen molar-refractivity contribution in [1.29, 1.82) is 5.26 Å². The molecule has 174 valence electrons. The first kappa shape index (κ1) is 20.4. The predicted molar refractivity (Wildman–Crippen MR) is 128 cm³/mol. The van der Waals surface area contributed by atoms with Crippen molar-refractivity contribution in [3.8, 4) is 11.9 Å². The molecular weight excluding hydrogens is 426 g/mol. The van der Waals surface area contributed by atoms with Gasteiger partial charge in [0.1, 0.15) is 12.1 Å². The van der Waals surface area contributed by atoms with E-state index >= 15 is 0 Å². The van der Waals surface area contributed by atoms with Crippen LogP contribution in [0.15, 0.2) is 36.8 Å². The number of fused-ring (bicyclic) bond motifs is 1. The lowest BCUT2D eigenvalue weighted by atomic mass is 9.93. The van der Waals surface area contributed by atoms with Crippen LogP contribution >= 0.6 is 0 Å². The molecule has 1 unspecified atom stereocenters. The van der Waals surface area contributed by atoms with Gasteiger partial charge in [0.15, 0.2) is 5.82 Å². The molecule has 2 saturated heterocycles. The van der Waals surface area contributed by atoms with E-state index in [4.69, 9.17) is 4.74 Å². The third-order valence-electron chi connectivity index (χ3n) is 8.72. The monoisotopic (exact) mass is 455 g/mol. The zero-order chi connectivity index (χ0) is 22.9. The van der Waals surface area contributed by atoms with Crippen LogP contribution in [0.25, 0.3) is 16.7 Å². The van der Waals surface area contributed by atoms with Gasteiger partial charge in [-0.2, -0.15) is 10.4 Å². The van der Waals surface area contributed by atoms with Gasteiger partial charge in [-0.1, -0.05) is 12.1 Å². The van der Waals surface area contributed by atoms with Crippen molar-refractivity contribution in [1.82, 2.24) is 24.6 Å². The average molecular weight is 456 g/mol. The molecule has 4 fully saturated rings. The molecule has 2 saturated carbocycles. The summed E-state index contributed by atoms with van der Waals surface area (Å²) in [6, 6.07) is 12.0. The number of anilines is 1. The zero-order valence-corrected chi connectivity index (χ0v) is 19.5. The second-order valence-electron chi connectivity index (χ2n) is 10.6. The predicted octanol–water partition coefficient (Wildman–Crippen LogP) is 3.06. The molecule has 1 aromatic carbocycles. The molecule has 4 heterocycles. The average Bonchev–Trinajstić information content (AvgIpc) is 3.60.